The Hall–Kier alpha value is -3.55. The molecule has 0 radical (unpaired) electrons. The quantitative estimate of drug-likeness (QED) is 0.583. The van der Waals surface area contributed by atoms with Gasteiger partial charge in [0.05, 0.1) is 30.9 Å². The SMILES string of the molecule is CC(C)c1ccc(C(NC(=O)C2CC(F)CN2C(=O)Cc2cnnn2C)c2ccccc2)cc1. The first-order chi connectivity index (χ1) is 16.3. The van der Waals surface area contributed by atoms with Crippen molar-refractivity contribution in [1.29, 1.82) is 0 Å². The fourth-order valence-electron chi connectivity index (χ4n) is 4.35. The number of likely N-dealkylation sites (tertiary alicyclic amines) is 1. The van der Waals surface area contributed by atoms with E-state index in [1.54, 1.807) is 7.05 Å². The van der Waals surface area contributed by atoms with Crippen LogP contribution in [0.5, 0.6) is 0 Å². The molecular weight excluding hydrogens is 433 g/mol. The van der Waals surface area contributed by atoms with Crippen LogP contribution < -0.4 is 5.32 Å². The van der Waals surface area contributed by atoms with Gasteiger partial charge >= 0.3 is 0 Å². The van der Waals surface area contributed by atoms with Crippen LogP contribution >= 0.6 is 0 Å². The molecule has 34 heavy (non-hydrogen) atoms. The molecule has 1 aliphatic rings. The van der Waals surface area contributed by atoms with E-state index in [9.17, 15) is 14.0 Å². The van der Waals surface area contributed by atoms with Crippen LogP contribution in [0, 0.1) is 0 Å². The number of carbonyl (C=O) groups is 2. The number of carbonyl (C=O) groups excluding carboxylic acids is 2. The average Bonchev–Trinajstić information content (AvgIpc) is 3.43. The second kappa shape index (κ2) is 10.2. The smallest absolute Gasteiger partial charge is 0.243 e. The van der Waals surface area contributed by atoms with Crippen molar-refractivity contribution >= 4 is 11.8 Å². The summed E-state index contributed by atoms with van der Waals surface area (Å²) < 4.78 is 15.9. The van der Waals surface area contributed by atoms with Crippen LogP contribution in [0.1, 0.15) is 54.6 Å². The monoisotopic (exact) mass is 463 g/mol. The zero-order valence-corrected chi connectivity index (χ0v) is 19.7. The summed E-state index contributed by atoms with van der Waals surface area (Å²) in [6.07, 6.45) is 0.251. The van der Waals surface area contributed by atoms with Crippen LogP contribution in [0.4, 0.5) is 4.39 Å². The predicted octanol–water partition coefficient (Wildman–Crippen LogP) is 3.33. The summed E-state index contributed by atoms with van der Waals surface area (Å²) in [7, 11) is 1.69. The van der Waals surface area contributed by atoms with Gasteiger partial charge in [-0.25, -0.2) is 4.39 Å². The van der Waals surface area contributed by atoms with Crippen LogP contribution in [0.3, 0.4) is 0 Å². The number of halogens is 1. The summed E-state index contributed by atoms with van der Waals surface area (Å²) >= 11 is 0. The number of alkyl halides is 1. The normalized spacial score (nSPS) is 18.8. The zero-order valence-electron chi connectivity index (χ0n) is 19.7. The highest BCUT2D eigenvalue weighted by Crippen LogP contribution is 2.27. The van der Waals surface area contributed by atoms with Crippen LogP contribution in [0.15, 0.2) is 60.8 Å². The lowest BCUT2D eigenvalue weighted by molar-refractivity contribution is -0.138. The summed E-state index contributed by atoms with van der Waals surface area (Å²) in [6.45, 7) is 4.17. The molecule has 0 saturated carbocycles. The molecule has 3 aromatic rings. The van der Waals surface area contributed by atoms with Crippen molar-refractivity contribution in [3.63, 3.8) is 0 Å². The van der Waals surface area contributed by atoms with E-state index in [1.807, 2.05) is 42.5 Å². The van der Waals surface area contributed by atoms with Crippen molar-refractivity contribution in [3.05, 3.63) is 83.2 Å². The molecule has 1 saturated heterocycles. The van der Waals surface area contributed by atoms with E-state index in [4.69, 9.17) is 0 Å². The highest BCUT2D eigenvalue weighted by molar-refractivity contribution is 5.89. The minimum atomic E-state index is -1.25. The molecule has 0 spiro atoms. The van der Waals surface area contributed by atoms with Crippen LogP contribution in [0.25, 0.3) is 0 Å². The van der Waals surface area contributed by atoms with Gasteiger partial charge in [0.2, 0.25) is 11.8 Å². The van der Waals surface area contributed by atoms with Gasteiger partial charge in [0, 0.05) is 13.5 Å². The maximum atomic E-state index is 14.4. The summed E-state index contributed by atoms with van der Waals surface area (Å²) in [4.78, 5) is 27.7. The molecule has 8 heteroatoms. The van der Waals surface area contributed by atoms with E-state index >= 15 is 0 Å². The predicted molar refractivity (Wildman–Crippen MR) is 127 cm³/mol. The van der Waals surface area contributed by atoms with Gasteiger partial charge in [-0.2, -0.15) is 0 Å². The second-order valence-electron chi connectivity index (χ2n) is 9.09. The number of aryl methyl sites for hydroxylation is 1. The standard InChI is InChI=1S/C26H30FN5O2/c1-17(2)18-9-11-20(12-10-18)25(19-7-5-4-6-8-19)29-26(34)23-13-21(27)16-32(23)24(33)14-22-15-28-30-31(22)3/h4-12,15,17,21,23,25H,13-14,16H2,1-3H3,(H,29,34). The maximum absolute atomic E-state index is 14.4. The van der Waals surface area contributed by atoms with Gasteiger partial charge in [0.1, 0.15) is 12.2 Å². The van der Waals surface area contributed by atoms with Crippen molar-refractivity contribution in [2.45, 2.75) is 50.9 Å². The maximum Gasteiger partial charge on any atom is 0.243 e. The first kappa shape index (κ1) is 23.6. The Bertz CT molecular complexity index is 1130. The Morgan fingerprint density at radius 1 is 1.06 bits per heavy atom. The lowest BCUT2D eigenvalue weighted by Gasteiger charge is -2.27. The minimum absolute atomic E-state index is 0.0127. The molecule has 7 nitrogen and oxygen atoms in total. The molecule has 2 heterocycles. The highest BCUT2D eigenvalue weighted by Gasteiger charge is 2.40. The number of nitrogens with zero attached hydrogens (tertiary/aromatic N) is 4. The number of hydrogen-bond donors (Lipinski definition) is 1. The minimum Gasteiger partial charge on any atom is -0.343 e. The molecular formula is C26H30FN5O2. The summed E-state index contributed by atoms with van der Waals surface area (Å²) in [5, 5.41) is 10.7. The molecule has 2 aromatic carbocycles. The first-order valence-corrected chi connectivity index (χ1v) is 11.6. The topological polar surface area (TPSA) is 80.1 Å². The Balaban J connectivity index is 1.56. The van der Waals surface area contributed by atoms with Crippen molar-refractivity contribution in [1.82, 2.24) is 25.2 Å². The van der Waals surface area contributed by atoms with Crippen molar-refractivity contribution in [2.24, 2.45) is 7.05 Å². The van der Waals surface area contributed by atoms with E-state index < -0.39 is 18.3 Å². The van der Waals surface area contributed by atoms with E-state index in [2.05, 4.69) is 41.6 Å². The second-order valence-corrected chi connectivity index (χ2v) is 9.09. The molecule has 0 bridgehead atoms. The number of amides is 2. The van der Waals surface area contributed by atoms with Crippen molar-refractivity contribution in [3.8, 4) is 0 Å². The van der Waals surface area contributed by atoms with Gasteiger partial charge in [-0.15, -0.1) is 5.10 Å². The number of rotatable bonds is 7. The van der Waals surface area contributed by atoms with E-state index in [0.717, 1.165) is 11.1 Å². The average molecular weight is 464 g/mol. The number of nitrogens with one attached hydrogen (secondary N) is 1. The summed E-state index contributed by atoms with van der Waals surface area (Å²) in [6, 6.07) is 16.5. The molecule has 178 valence electrons. The number of hydrogen-bond acceptors (Lipinski definition) is 4. The van der Waals surface area contributed by atoms with Crippen molar-refractivity contribution in [2.75, 3.05) is 6.54 Å². The van der Waals surface area contributed by atoms with E-state index in [1.165, 1.54) is 21.3 Å². The Morgan fingerprint density at radius 2 is 1.71 bits per heavy atom. The molecule has 0 aliphatic carbocycles. The third-order valence-corrected chi connectivity index (χ3v) is 6.37. The fraction of sp³-hybridized carbons (Fsp3) is 0.385. The Morgan fingerprint density at radius 3 is 2.32 bits per heavy atom. The van der Waals surface area contributed by atoms with Gasteiger partial charge in [-0.05, 0) is 22.6 Å². The first-order valence-electron chi connectivity index (χ1n) is 11.6. The van der Waals surface area contributed by atoms with Gasteiger partial charge in [0.25, 0.3) is 0 Å². The molecule has 3 unspecified atom stereocenters. The molecule has 2 amide bonds. The summed E-state index contributed by atoms with van der Waals surface area (Å²) in [5.41, 5.74) is 3.66. The number of benzene rings is 2. The number of aromatic nitrogens is 3. The lowest BCUT2D eigenvalue weighted by Crippen LogP contribution is -2.47. The largest absolute Gasteiger partial charge is 0.343 e. The lowest BCUT2D eigenvalue weighted by atomic mass is 9.95. The molecule has 1 aliphatic heterocycles. The van der Waals surface area contributed by atoms with Crippen molar-refractivity contribution < 1.29 is 14.0 Å². The molecule has 1 aromatic heterocycles. The van der Waals surface area contributed by atoms with Crippen LogP contribution in [0.2, 0.25) is 0 Å². The molecule has 3 atom stereocenters. The molecule has 1 fully saturated rings. The van der Waals surface area contributed by atoms with Gasteiger partial charge in [-0.1, -0.05) is 73.7 Å². The Labute approximate surface area is 199 Å². The molecule has 1 N–H and O–H groups in total. The van der Waals surface area contributed by atoms with Crippen LogP contribution in [-0.2, 0) is 23.1 Å². The zero-order chi connectivity index (χ0) is 24.2. The Kier molecular flexibility index (Phi) is 7.05. The highest BCUT2D eigenvalue weighted by atomic mass is 19.1. The molecule has 4 rings (SSSR count). The van der Waals surface area contributed by atoms with Crippen LogP contribution in [-0.4, -0.2) is 50.5 Å². The third-order valence-electron chi connectivity index (χ3n) is 6.37. The van der Waals surface area contributed by atoms with E-state index in [-0.39, 0.29) is 31.2 Å². The van der Waals surface area contributed by atoms with Gasteiger partial charge in [-0.3, -0.25) is 14.3 Å². The summed E-state index contributed by atoms with van der Waals surface area (Å²) in [5.74, 6) is -0.283. The van der Waals surface area contributed by atoms with Gasteiger partial charge < -0.3 is 10.2 Å². The van der Waals surface area contributed by atoms with Gasteiger partial charge in [0.15, 0.2) is 0 Å². The van der Waals surface area contributed by atoms with E-state index in [0.29, 0.717) is 11.6 Å². The fourth-order valence-corrected chi connectivity index (χ4v) is 4.35. The third kappa shape index (κ3) is 5.16.